The third kappa shape index (κ3) is 1.89. The Labute approximate surface area is 98.8 Å². The van der Waals surface area contributed by atoms with Crippen LogP contribution in [0.4, 0.5) is 5.69 Å². The molecule has 1 fully saturated rings. The van der Waals surface area contributed by atoms with E-state index in [4.69, 9.17) is 0 Å². The van der Waals surface area contributed by atoms with E-state index in [1.165, 1.54) is 0 Å². The van der Waals surface area contributed by atoms with Crippen LogP contribution in [0.3, 0.4) is 0 Å². The zero-order valence-electron chi connectivity index (χ0n) is 9.43. The molecule has 2 rings (SSSR count). The lowest BCUT2D eigenvalue weighted by Gasteiger charge is -2.11. The predicted molar refractivity (Wildman–Crippen MR) is 62.9 cm³/mol. The molecule has 17 heavy (non-hydrogen) atoms. The summed E-state index contributed by atoms with van der Waals surface area (Å²) in [5, 5.41) is 14.6. The van der Waals surface area contributed by atoms with Gasteiger partial charge in [-0.1, -0.05) is 12.1 Å². The van der Waals surface area contributed by atoms with Gasteiger partial charge in [0, 0.05) is 11.6 Å². The molecule has 2 unspecified atom stereocenters. The van der Waals surface area contributed by atoms with Crippen LogP contribution in [0.25, 0.3) is 0 Å². The molecule has 2 atom stereocenters. The Kier molecular flexibility index (Phi) is 2.85. The van der Waals surface area contributed by atoms with Crippen molar-refractivity contribution in [1.29, 1.82) is 0 Å². The molecule has 1 aromatic carbocycles. The lowest BCUT2D eigenvalue weighted by molar-refractivity contribution is -0.140. The third-order valence-corrected chi connectivity index (χ3v) is 3.30. The number of aliphatic carboxylic acids is 1. The van der Waals surface area contributed by atoms with E-state index in [1.54, 1.807) is 19.2 Å². The van der Waals surface area contributed by atoms with Crippen LogP contribution in [0.1, 0.15) is 17.9 Å². The number of hydrogen-bond donors (Lipinski definition) is 3. The summed E-state index contributed by atoms with van der Waals surface area (Å²) in [4.78, 5) is 21.5. The Bertz CT molecular complexity index is 461. The first-order valence-corrected chi connectivity index (χ1v) is 5.36. The van der Waals surface area contributed by atoms with Gasteiger partial charge in [-0.2, -0.15) is 0 Å². The maximum atomic E-state index is 11.2. The Morgan fingerprint density at radius 3 is 2.88 bits per heavy atom. The molecule has 0 heterocycles. The highest BCUT2D eigenvalue weighted by Crippen LogP contribution is 2.51. The maximum Gasteiger partial charge on any atom is 0.324 e. The quantitative estimate of drug-likeness (QED) is 0.658. The number of anilines is 1. The van der Waals surface area contributed by atoms with Crippen LogP contribution < -0.4 is 10.6 Å². The maximum absolute atomic E-state index is 11.2. The van der Waals surface area contributed by atoms with Gasteiger partial charge in [-0.05, 0) is 31.2 Å². The summed E-state index contributed by atoms with van der Waals surface area (Å²) in [7, 11) is 1.65. The summed E-state index contributed by atoms with van der Waals surface area (Å²) in [6, 6.07) is 7.26. The molecule has 0 bridgehead atoms. The van der Waals surface area contributed by atoms with Crippen LogP contribution in [0.15, 0.2) is 24.3 Å². The topological polar surface area (TPSA) is 78.4 Å². The van der Waals surface area contributed by atoms with Crippen molar-refractivity contribution in [2.45, 2.75) is 17.9 Å². The fraction of sp³-hybridized carbons (Fsp3) is 0.333. The molecule has 0 aliphatic heterocycles. The number of carboxylic acids is 1. The van der Waals surface area contributed by atoms with Gasteiger partial charge in [-0.3, -0.25) is 9.59 Å². The van der Waals surface area contributed by atoms with Gasteiger partial charge in [-0.15, -0.1) is 0 Å². The summed E-state index contributed by atoms with van der Waals surface area (Å²) in [5.41, 5.74) is 0.758. The average molecular weight is 234 g/mol. The number of nitrogens with one attached hydrogen (secondary N) is 2. The highest BCUT2D eigenvalue weighted by molar-refractivity contribution is 5.85. The van der Waals surface area contributed by atoms with E-state index in [0.717, 1.165) is 5.56 Å². The number of benzene rings is 1. The monoisotopic (exact) mass is 234 g/mol. The number of hydrogen-bond acceptors (Lipinski definition) is 3. The van der Waals surface area contributed by atoms with Crippen molar-refractivity contribution >= 4 is 18.1 Å². The largest absolute Gasteiger partial charge is 0.480 e. The first kappa shape index (κ1) is 11.6. The molecule has 0 aromatic heterocycles. The predicted octanol–water partition coefficient (Wildman–Crippen LogP) is 0.785. The van der Waals surface area contributed by atoms with Gasteiger partial charge in [0.15, 0.2) is 0 Å². The van der Waals surface area contributed by atoms with Gasteiger partial charge < -0.3 is 15.7 Å². The van der Waals surface area contributed by atoms with Crippen molar-refractivity contribution in [2.24, 2.45) is 0 Å². The minimum atomic E-state index is -0.847. The molecule has 1 aliphatic carbocycles. The molecule has 3 N–H and O–H groups in total. The van der Waals surface area contributed by atoms with Gasteiger partial charge in [0.1, 0.15) is 5.54 Å². The van der Waals surface area contributed by atoms with Crippen LogP contribution in [0.5, 0.6) is 0 Å². The molecule has 5 heteroatoms. The van der Waals surface area contributed by atoms with E-state index < -0.39 is 11.5 Å². The summed E-state index contributed by atoms with van der Waals surface area (Å²) < 4.78 is 0. The highest BCUT2D eigenvalue weighted by Gasteiger charge is 2.60. The normalized spacial score (nSPS) is 26.3. The number of amides is 1. The molecule has 0 spiro atoms. The number of carboxylic acid groups (broad SMARTS) is 1. The minimum Gasteiger partial charge on any atom is -0.480 e. The molecule has 1 saturated carbocycles. The van der Waals surface area contributed by atoms with E-state index in [0.29, 0.717) is 18.5 Å². The van der Waals surface area contributed by atoms with Crippen LogP contribution in [-0.4, -0.2) is 30.1 Å². The molecule has 1 aliphatic rings. The number of likely N-dealkylation sites (N-methyl/N-ethyl adjacent to an activating group) is 1. The van der Waals surface area contributed by atoms with Gasteiger partial charge in [0.05, 0.1) is 0 Å². The van der Waals surface area contributed by atoms with Gasteiger partial charge in [0.25, 0.3) is 0 Å². The summed E-state index contributed by atoms with van der Waals surface area (Å²) in [6.07, 6.45) is 1.18. The summed E-state index contributed by atoms with van der Waals surface area (Å²) >= 11 is 0. The zero-order chi connectivity index (χ0) is 12.5. The fourth-order valence-electron chi connectivity index (χ4n) is 2.20. The average Bonchev–Trinajstić information content (AvgIpc) is 3.06. The standard InChI is InChI=1S/C12H14N2O3/c1-13-12(11(16)17)6-10(12)8-3-2-4-9(5-8)14-7-15/h2-5,7,10,13H,6H2,1H3,(H,14,15)(H,16,17). The SMILES string of the molecule is CNC1(C(=O)O)CC1c1cccc(NC=O)c1. The molecule has 90 valence electrons. The second-order valence-corrected chi connectivity index (χ2v) is 4.17. The van der Waals surface area contributed by atoms with Crippen LogP contribution in [-0.2, 0) is 9.59 Å². The van der Waals surface area contributed by atoms with E-state index in [2.05, 4.69) is 10.6 Å². The molecular weight excluding hydrogens is 220 g/mol. The van der Waals surface area contributed by atoms with Crippen molar-refractivity contribution in [2.75, 3.05) is 12.4 Å². The highest BCUT2D eigenvalue weighted by atomic mass is 16.4. The minimum absolute atomic E-state index is 0.0431. The van der Waals surface area contributed by atoms with Crippen LogP contribution in [0.2, 0.25) is 0 Å². The van der Waals surface area contributed by atoms with Crippen LogP contribution >= 0.6 is 0 Å². The van der Waals surface area contributed by atoms with Crippen molar-refractivity contribution in [1.82, 2.24) is 5.32 Å². The second-order valence-electron chi connectivity index (χ2n) is 4.17. The number of rotatable bonds is 5. The van der Waals surface area contributed by atoms with Crippen molar-refractivity contribution in [3.8, 4) is 0 Å². The third-order valence-electron chi connectivity index (χ3n) is 3.30. The Morgan fingerprint density at radius 2 is 2.35 bits per heavy atom. The molecule has 5 nitrogen and oxygen atoms in total. The molecule has 1 amide bonds. The van der Waals surface area contributed by atoms with Gasteiger partial charge in [0.2, 0.25) is 6.41 Å². The summed E-state index contributed by atoms with van der Waals surface area (Å²) in [5.74, 6) is -0.878. The second kappa shape index (κ2) is 4.18. The molecule has 0 radical (unpaired) electrons. The number of carbonyl (C=O) groups is 2. The van der Waals surface area contributed by atoms with E-state index in [9.17, 15) is 14.7 Å². The Morgan fingerprint density at radius 1 is 1.59 bits per heavy atom. The van der Waals surface area contributed by atoms with Gasteiger partial charge >= 0.3 is 5.97 Å². The molecular formula is C12H14N2O3. The fourth-order valence-corrected chi connectivity index (χ4v) is 2.20. The van der Waals surface area contributed by atoms with Crippen molar-refractivity contribution in [3.05, 3.63) is 29.8 Å². The zero-order valence-corrected chi connectivity index (χ0v) is 9.43. The lowest BCUT2D eigenvalue weighted by Crippen LogP contribution is -2.38. The Balaban J connectivity index is 2.22. The lowest BCUT2D eigenvalue weighted by atomic mass is 10.1. The van der Waals surface area contributed by atoms with Crippen molar-refractivity contribution in [3.63, 3.8) is 0 Å². The van der Waals surface area contributed by atoms with Crippen molar-refractivity contribution < 1.29 is 14.7 Å². The smallest absolute Gasteiger partial charge is 0.324 e. The van der Waals surface area contributed by atoms with E-state index in [1.807, 2.05) is 12.1 Å². The van der Waals surface area contributed by atoms with Gasteiger partial charge in [-0.25, -0.2) is 0 Å². The van der Waals surface area contributed by atoms with Crippen LogP contribution in [0, 0.1) is 0 Å². The first-order valence-electron chi connectivity index (χ1n) is 5.36. The first-order chi connectivity index (χ1) is 8.14. The van der Waals surface area contributed by atoms with E-state index >= 15 is 0 Å². The Hall–Kier alpha value is -1.88. The molecule has 0 saturated heterocycles. The molecule has 1 aromatic rings. The number of carbonyl (C=O) groups excluding carboxylic acids is 1. The summed E-state index contributed by atoms with van der Waals surface area (Å²) in [6.45, 7) is 0. The van der Waals surface area contributed by atoms with E-state index in [-0.39, 0.29) is 5.92 Å².